The highest BCUT2D eigenvalue weighted by Crippen LogP contribution is 2.34. The highest BCUT2D eigenvalue weighted by molar-refractivity contribution is 5.79. The maximum atomic E-state index is 13.5. The summed E-state index contributed by atoms with van der Waals surface area (Å²) in [5.74, 6) is -0.165. The van der Waals surface area contributed by atoms with Crippen LogP contribution in [0.2, 0.25) is 0 Å². The first-order chi connectivity index (χ1) is 17.1. The molecule has 3 N–H and O–H groups in total. The van der Waals surface area contributed by atoms with Crippen LogP contribution in [0.25, 0.3) is 0 Å². The number of alkyl halides is 3. The van der Waals surface area contributed by atoms with Crippen LogP contribution in [0.1, 0.15) is 17.7 Å². The van der Waals surface area contributed by atoms with E-state index in [-0.39, 0.29) is 36.0 Å². The predicted molar refractivity (Wildman–Crippen MR) is 128 cm³/mol. The summed E-state index contributed by atoms with van der Waals surface area (Å²) in [5.41, 5.74) is -0.419. The standard InChI is InChI=1S/C22H32F3N9O2/c1-14-19(36-21(29-14)34-9-7-32(2)8-10-34)31-20-28-11-16(22(23,24)25)17(30-20)26-5-4-6-27-18(35)15-12-33(3)13-15/h11,15H,4-10,12-13H2,1-3H3,(H,27,35)(H2,26,28,30,31). The summed E-state index contributed by atoms with van der Waals surface area (Å²) in [6.07, 6.45) is -3.45. The third kappa shape index (κ3) is 6.35. The number of aromatic nitrogens is 3. The van der Waals surface area contributed by atoms with Crippen LogP contribution in [-0.2, 0) is 11.0 Å². The fourth-order valence-corrected chi connectivity index (χ4v) is 4.03. The zero-order chi connectivity index (χ0) is 25.9. The maximum absolute atomic E-state index is 13.5. The Hall–Kier alpha value is -3.13. The smallest absolute Gasteiger partial charge is 0.407 e. The Morgan fingerprint density at radius 2 is 1.83 bits per heavy atom. The Morgan fingerprint density at radius 1 is 1.11 bits per heavy atom. The van der Waals surface area contributed by atoms with Gasteiger partial charge in [0.05, 0.1) is 5.92 Å². The number of likely N-dealkylation sites (tertiary alicyclic amines) is 1. The molecular weight excluding hydrogens is 479 g/mol. The molecule has 0 atom stereocenters. The van der Waals surface area contributed by atoms with E-state index in [0.29, 0.717) is 24.7 Å². The lowest BCUT2D eigenvalue weighted by atomic mass is 10.0. The number of nitrogens with one attached hydrogen (secondary N) is 3. The number of amides is 1. The van der Waals surface area contributed by atoms with Gasteiger partial charge in [-0.05, 0) is 27.4 Å². The lowest BCUT2D eigenvalue weighted by Crippen LogP contribution is -2.51. The molecular formula is C22H32F3N9O2. The van der Waals surface area contributed by atoms with Gasteiger partial charge in [0, 0.05) is 58.6 Å². The SMILES string of the molecule is Cc1nc(N2CCN(C)CC2)oc1Nc1ncc(C(F)(F)F)c(NCCCNC(=O)C2CN(C)C2)n1. The largest absolute Gasteiger partial charge is 0.421 e. The number of piperazine rings is 1. The van der Waals surface area contributed by atoms with E-state index >= 15 is 0 Å². The molecule has 2 aromatic rings. The quantitative estimate of drug-likeness (QED) is 0.431. The Morgan fingerprint density at radius 3 is 2.50 bits per heavy atom. The molecule has 14 heteroatoms. The fourth-order valence-electron chi connectivity index (χ4n) is 4.03. The van der Waals surface area contributed by atoms with Crippen molar-refractivity contribution in [2.45, 2.75) is 19.5 Å². The van der Waals surface area contributed by atoms with Gasteiger partial charge in [0.2, 0.25) is 17.7 Å². The van der Waals surface area contributed by atoms with E-state index in [4.69, 9.17) is 4.42 Å². The van der Waals surface area contributed by atoms with E-state index in [2.05, 4.69) is 35.8 Å². The van der Waals surface area contributed by atoms with E-state index in [1.165, 1.54) is 0 Å². The number of hydrogen-bond donors (Lipinski definition) is 3. The van der Waals surface area contributed by atoms with Crippen LogP contribution in [0.5, 0.6) is 0 Å². The van der Waals surface area contributed by atoms with Gasteiger partial charge in [-0.3, -0.25) is 10.1 Å². The van der Waals surface area contributed by atoms with Crippen molar-refractivity contribution in [3.63, 3.8) is 0 Å². The molecule has 0 radical (unpaired) electrons. The van der Waals surface area contributed by atoms with Gasteiger partial charge in [0.15, 0.2) is 0 Å². The fraction of sp³-hybridized carbons (Fsp3) is 0.636. The van der Waals surface area contributed by atoms with Crippen LogP contribution in [0.15, 0.2) is 10.6 Å². The molecule has 2 aromatic heterocycles. The highest BCUT2D eigenvalue weighted by atomic mass is 19.4. The van der Waals surface area contributed by atoms with E-state index in [0.717, 1.165) is 45.5 Å². The first-order valence-corrected chi connectivity index (χ1v) is 11.9. The molecule has 4 rings (SSSR count). The minimum atomic E-state index is -4.62. The van der Waals surface area contributed by atoms with Crippen molar-refractivity contribution >= 4 is 29.6 Å². The first-order valence-electron chi connectivity index (χ1n) is 11.9. The van der Waals surface area contributed by atoms with Crippen LogP contribution >= 0.6 is 0 Å². The van der Waals surface area contributed by atoms with Gasteiger partial charge in [-0.2, -0.15) is 23.1 Å². The molecule has 11 nitrogen and oxygen atoms in total. The molecule has 0 aromatic carbocycles. The number of anilines is 4. The van der Waals surface area contributed by atoms with Crippen molar-refractivity contribution < 1.29 is 22.4 Å². The van der Waals surface area contributed by atoms with E-state index in [1.54, 1.807) is 6.92 Å². The Kier molecular flexibility index (Phi) is 7.83. The Bertz CT molecular complexity index is 1050. The molecule has 0 aliphatic carbocycles. The summed E-state index contributed by atoms with van der Waals surface area (Å²) < 4.78 is 46.4. The number of nitrogens with zero attached hydrogens (tertiary/aromatic N) is 6. The molecule has 2 aliphatic heterocycles. The highest BCUT2D eigenvalue weighted by Gasteiger charge is 2.35. The van der Waals surface area contributed by atoms with Crippen LogP contribution in [0, 0.1) is 12.8 Å². The second kappa shape index (κ2) is 10.9. The topological polar surface area (TPSA) is 115 Å². The molecule has 2 aliphatic rings. The molecule has 0 bridgehead atoms. The van der Waals surface area contributed by atoms with Crippen molar-refractivity contribution in [2.24, 2.45) is 5.92 Å². The van der Waals surface area contributed by atoms with Crippen molar-refractivity contribution in [2.75, 3.05) is 82.0 Å². The summed E-state index contributed by atoms with van der Waals surface area (Å²) >= 11 is 0. The number of carbonyl (C=O) groups is 1. The number of likely N-dealkylation sites (N-methyl/N-ethyl adjacent to an activating group) is 1. The average molecular weight is 512 g/mol. The summed E-state index contributed by atoms with van der Waals surface area (Å²) in [7, 11) is 3.98. The number of hydrogen-bond acceptors (Lipinski definition) is 10. The van der Waals surface area contributed by atoms with Gasteiger partial charge in [0.25, 0.3) is 6.01 Å². The van der Waals surface area contributed by atoms with E-state index < -0.39 is 11.7 Å². The monoisotopic (exact) mass is 511 g/mol. The van der Waals surface area contributed by atoms with Gasteiger partial charge in [-0.1, -0.05) is 0 Å². The number of carbonyl (C=O) groups excluding carboxylic acids is 1. The number of halogens is 3. The molecule has 2 saturated heterocycles. The lowest BCUT2D eigenvalue weighted by molar-refractivity contribution is -0.137. The molecule has 4 heterocycles. The maximum Gasteiger partial charge on any atom is 0.421 e. The second-order valence-corrected chi connectivity index (χ2v) is 9.27. The third-order valence-corrected chi connectivity index (χ3v) is 6.26. The zero-order valence-electron chi connectivity index (χ0n) is 20.7. The van der Waals surface area contributed by atoms with Gasteiger partial charge in [0.1, 0.15) is 17.1 Å². The molecule has 1 amide bonds. The van der Waals surface area contributed by atoms with E-state index in [1.807, 2.05) is 23.9 Å². The minimum absolute atomic E-state index is 0.0217. The zero-order valence-corrected chi connectivity index (χ0v) is 20.7. The van der Waals surface area contributed by atoms with Gasteiger partial charge in [-0.25, -0.2) is 4.98 Å². The van der Waals surface area contributed by atoms with Crippen molar-refractivity contribution in [3.05, 3.63) is 17.5 Å². The number of aryl methyl sites for hydroxylation is 1. The van der Waals surface area contributed by atoms with Gasteiger partial charge < -0.3 is 29.8 Å². The molecule has 0 spiro atoms. The average Bonchev–Trinajstić information content (AvgIpc) is 3.16. The Labute approximate surface area is 207 Å². The molecule has 0 unspecified atom stereocenters. The Balaban J connectivity index is 1.36. The van der Waals surface area contributed by atoms with Crippen molar-refractivity contribution in [1.82, 2.24) is 30.1 Å². The van der Waals surface area contributed by atoms with Crippen molar-refractivity contribution in [3.8, 4) is 0 Å². The summed E-state index contributed by atoms with van der Waals surface area (Å²) in [5, 5.41) is 8.40. The lowest BCUT2D eigenvalue weighted by Gasteiger charge is -2.34. The third-order valence-electron chi connectivity index (χ3n) is 6.26. The van der Waals surface area contributed by atoms with Crippen LogP contribution in [0.3, 0.4) is 0 Å². The van der Waals surface area contributed by atoms with Crippen LogP contribution in [-0.4, -0.2) is 97.1 Å². The summed E-state index contributed by atoms with van der Waals surface area (Å²) in [6.45, 7) is 7.01. The number of rotatable bonds is 9. The molecule has 0 saturated carbocycles. The van der Waals surface area contributed by atoms with E-state index in [9.17, 15) is 18.0 Å². The normalized spacial score (nSPS) is 17.7. The minimum Gasteiger partial charge on any atom is -0.407 e. The van der Waals surface area contributed by atoms with Crippen molar-refractivity contribution in [1.29, 1.82) is 0 Å². The van der Waals surface area contributed by atoms with Gasteiger partial charge >= 0.3 is 6.18 Å². The van der Waals surface area contributed by atoms with Gasteiger partial charge in [-0.15, -0.1) is 0 Å². The van der Waals surface area contributed by atoms with Crippen LogP contribution < -0.4 is 20.9 Å². The summed E-state index contributed by atoms with van der Waals surface area (Å²) in [6, 6.07) is 0.448. The predicted octanol–water partition coefficient (Wildman–Crippen LogP) is 1.77. The molecule has 36 heavy (non-hydrogen) atoms. The first kappa shape index (κ1) is 25.9. The summed E-state index contributed by atoms with van der Waals surface area (Å²) in [4.78, 5) is 30.6. The van der Waals surface area contributed by atoms with Crippen LogP contribution in [0.4, 0.5) is 36.8 Å². The molecule has 198 valence electrons. The molecule has 2 fully saturated rings. The number of oxazole rings is 1. The second-order valence-electron chi connectivity index (χ2n) is 9.27.